The van der Waals surface area contributed by atoms with Crippen LogP contribution in [0.1, 0.15) is 76.2 Å². The van der Waals surface area contributed by atoms with Crippen LogP contribution < -0.4 is 9.72 Å². The molecule has 2 aliphatic rings. The number of nitrogens with one attached hydrogen (secondary N) is 1. The first kappa shape index (κ1) is 37.7. The molecular weight excluding hydrogens is 695 g/mol. The molecule has 286 valence electrons. The quantitative estimate of drug-likeness (QED) is 0.108. The van der Waals surface area contributed by atoms with Crippen molar-refractivity contribution in [2.45, 2.75) is 63.4 Å². The van der Waals surface area contributed by atoms with Gasteiger partial charge < -0.3 is 40.4 Å². The smallest absolute Gasteiger partial charge is 0.161 e. The van der Waals surface area contributed by atoms with Crippen LogP contribution >= 0.6 is 0 Å². The number of aromatic nitrogens is 2. The van der Waals surface area contributed by atoms with Crippen molar-refractivity contribution in [1.82, 2.24) is 9.97 Å². The number of carbonyl (C=O) groups excluding carboxylic acids is 2. The van der Waals surface area contributed by atoms with E-state index in [1.54, 1.807) is 30.5 Å². The van der Waals surface area contributed by atoms with Crippen molar-refractivity contribution in [2.75, 3.05) is 20.3 Å². The van der Waals surface area contributed by atoms with Gasteiger partial charge in [0.25, 0.3) is 0 Å². The lowest BCUT2D eigenvalue weighted by atomic mass is 9.68. The predicted octanol–water partition coefficient (Wildman–Crippen LogP) is 6.84. The van der Waals surface area contributed by atoms with Gasteiger partial charge in [0.2, 0.25) is 0 Å². The second-order valence-corrected chi connectivity index (χ2v) is 14.8. The van der Waals surface area contributed by atoms with Gasteiger partial charge in [-0.1, -0.05) is 83.8 Å². The molecule has 3 heterocycles. The van der Waals surface area contributed by atoms with Crippen molar-refractivity contribution in [3.05, 3.63) is 141 Å². The molecule has 0 radical (unpaired) electrons. The Morgan fingerprint density at radius 2 is 1.73 bits per heavy atom. The third kappa shape index (κ3) is 8.56. The SMILES string of the molecule is COc1cc2cc(c1O)Cc1cccc(c1)Cc1cc[nH]c1[N-]CC1=Cc3[n-]ccc3[C@H](C[C@H](O)CCc3cccc(O)c3)[C@@H]1C(=O)[C@@H](CCO)C(=O)CC2. The molecule has 7 rings (SSSR count). The summed E-state index contributed by atoms with van der Waals surface area (Å²) in [6.45, 7) is -0.183. The number of aromatic amines is 1. The molecule has 5 aromatic rings. The maximum Gasteiger partial charge on any atom is 0.161 e. The third-order valence-electron chi connectivity index (χ3n) is 11.0. The van der Waals surface area contributed by atoms with E-state index in [0.29, 0.717) is 60.5 Å². The number of ether oxygens (including phenoxy) is 1. The molecule has 1 aliphatic carbocycles. The van der Waals surface area contributed by atoms with E-state index in [-0.39, 0.29) is 55.5 Å². The Morgan fingerprint density at radius 3 is 2.51 bits per heavy atom. The van der Waals surface area contributed by atoms with Crippen LogP contribution in [0.4, 0.5) is 5.82 Å². The van der Waals surface area contributed by atoms with E-state index >= 15 is 0 Å². The lowest BCUT2D eigenvalue weighted by Gasteiger charge is -2.38. The number of hydrogen-bond acceptors (Lipinski definition) is 7. The van der Waals surface area contributed by atoms with Crippen molar-refractivity contribution in [3.63, 3.8) is 0 Å². The Labute approximate surface area is 320 Å². The number of fused-ring (bicyclic) bond motifs is 7. The summed E-state index contributed by atoms with van der Waals surface area (Å²) in [4.78, 5) is 37.0. The van der Waals surface area contributed by atoms with E-state index in [2.05, 4.69) is 22.1 Å². The van der Waals surface area contributed by atoms with Crippen LogP contribution in [0, 0.1) is 11.8 Å². The highest BCUT2D eigenvalue weighted by atomic mass is 16.5. The molecule has 10 nitrogen and oxygen atoms in total. The van der Waals surface area contributed by atoms with Gasteiger partial charge in [0.1, 0.15) is 11.5 Å². The average molecular weight is 742 g/mol. The normalized spacial score (nSPS) is 19.4. The van der Waals surface area contributed by atoms with Crippen LogP contribution in [0.3, 0.4) is 0 Å². The van der Waals surface area contributed by atoms with Gasteiger partial charge in [0, 0.05) is 30.9 Å². The fourth-order valence-electron chi connectivity index (χ4n) is 8.30. The lowest BCUT2D eigenvalue weighted by molar-refractivity contribution is -0.135. The van der Waals surface area contributed by atoms with E-state index in [0.717, 1.165) is 33.4 Å². The molecule has 0 amide bonds. The third-order valence-corrected chi connectivity index (χ3v) is 11.0. The summed E-state index contributed by atoms with van der Waals surface area (Å²) in [6, 6.07) is 22.6. The molecule has 0 saturated carbocycles. The highest BCUT2D eigenvalue weighted by molar-refractivity contribution is 6.05. The first-order valence-electron chi connectivity index (χ1n) is 19.0. The molecule has 0 spiro atoms. The average Bonchev–Trinajstić information content (AvgIpc) is 3.84. The highest BCUT2D eigenvalue weighted by Gasteiger charge is 2.41. The number of benzene rings is 3. The fraction of sp³-hybridized carbons (Fsp3) is 0.333. The zero-order valence-electron chi connectivity index (χ0n) is 30.9. The van der Waals surface area contributed by atoms with E-state index in [4.69, 9.17) is 10.1 Å². The Bertz CT molecular complexity index is 2180. The Hall–Kier alpha value is -5.58. The minimum atomic E-state index is -1.09. The second kappa shape index (κ2) is 16.8. The van der Waals surface area contributed by atoms with Crippen molar-refractivity contribution in [3.8, 4) is 17.2 Å². The minimum absolute atomic E-state index is 0.0298. The molecular formula is C45H47N3O7-2. The number of methoxy groups -OCH3 is 1. The Kier molecular flexibility index (Phi) is 11.5. The van der Waals surface area contributed by atoms with Crippen LogP contribution in [-0.2, 0) is 35.3 Å². The van der Waals surface area contributed by atoms with Crippen molar-refractivity contribution in [1.29, 1.82) is 0 Å². The molecule has 2 aromatic heterocycles. The number of nitrogens with zero attached hydrogens (tertiary/aromatic N) is 2. The topological polar surface area (TPSA) is 168 Å². The number of Topliss-reactive ketones (excluding diaryl/α,β-unsaturated/α-hetero) is 2. The molecule has 0 fully saturated rings. The highest BCUT2D eigenvalue weighted by Crippen LogP contribution is 2.45. The minimum Gasteiger partial charge on any atom is -0.664 e. The van der Waals surface area contributed by atoms with Crippen LogP contribution in [-0.4, -0.2) is 63.3 Å². The lowest BCUT2D eigenvalue weighted by Crippen LogP contribution is -2.38. The van der Waals surface area contributed by atoms with Gasteiger partial charge in [-0.05, 0) is 97.0 Å². The first-order chi connectivity index (χ1) is 26.7. The monoisotopic (exact) mass is 741 g/mol. The van der Waals surface area contributed by atoms with E-state index in [9.17, 15) is 30.0 Å². The standard InChI is InChI=1S/C45H47N3O7/c1-55-41-23-30-9-11-40(52)37(14-17-49)44(54)42-33(24-39-36(13-16-46-39)38(42)25-35(51)10-8-27-4-3-7-34(50)22-27)26-48-45-31(12-15-47-45)19-28-5-2-6-29(18-28)20-32(21-30)43(41)53/h2-7,12-13,15-16,18,21-24,35,37-38,42,47,49-51,53H,8-11,14,17,19-20,25-26H2,1H3/q-2/t35-,37+,38+,42-/m1/s1. The summed E-state index contributed by atoms with van der Waals surface area (Å²) in [5.74, 6) is -1.77. The Balaban J connectivity index is 1.26. The molecule has 3 aromatic carbocycles. The summed E-state index contributed by atoms with van der Waals surface area (Å²) in [6.07, 6.45) is 7.18. The molecule has 55 heavy (non-hydrogen) atoms. The van der Waals surface area contributed by atoms with E-state index in [1.165, 1.54) is 7.11 Å². The van der Waals surface area contributed by atoms with Crippen LogP contribution in [0.25, 0.3) is 11.4 Å². The predicted molar refractivity (Wildman–Crippen MR) is 210 cm³/mol. The van der Waals surface area contributed by atoms with Crippen LogP contribution in [0.2, 0.25) is 0 Å². The molecule has 5 N–H and O–H groups in total. The van der Waals surface area contributed by atoms with Gasteiger partial charge in [-0.3, -0.25) is 9.59 Å². The largest absolute Gasteiger partial charge is 0.664 e. The molecule has 4 bridgehead atoms. The molecule has 10 heteroatoms. The number of ketones is 2. The second-order valence-electron chi connectivity index (χ2n) is 14.8. The fourth-order valence-corrected chi connectivity index (χ4v) is 8.30. The summed E-state index contributed by atoms with van der Waals surface area (Å²) < 4.78 is 5.53. The summed E-state index contributed by atoms with van der Waals surface area (Å²) in [5.41, 5.74) is 7.63. The summed E-state index contributed by atoms with van der Waals surface area (Å²) in [5, 5.41) is 47.8. The summed E-state index contributed by atoms with van der Waals surface area (Å²) >= 11 is 0. The maximum atomic E-state index is 15.0. The van der Waals surface area contributed by atoms with Gasteiger partial charge in [-0.15, -0.1) is 5.69 Å². The molecule has 0 unspecified atom stereocenters. The van der Waals surface area contributed by atoms with Gasteiger partial charge in [-0.2, -0.15) is 6.20 Å². The van der Waals surface area contributed by atoms with Crippen molar-refractivity contribution < 1.29 is 34.8 Å². The number of phenols is 2. The van der Waals surface area contributed by atoms with Crippen LogP contribution in [0.5, 0.6) is 17.2 Å². The van der Waals surface area contributed by atoms with Crippen molar-refractivity contribution >= 4 is 23.5 Å². The van der Waals surface area contributed by atoms with Crippen molar-refractivity contribution in [2.24, 2.45) is 11.8 Å². The molecule has 0 saturated heterocycles. The van der Waals surface area contributed by atoms with E-state index < -0.39 is 23.9 Å². The van der Waals surface area contributed by atoms with Gasteiger partial charge in [0.05, 0.1) is 19.1 Å². The number of rotatable bonds is 8. The zero-order chi connectivity index (χ0) is 38.5. The van der Waals surface area contributed by atoms with Gasteiger partial charge in [0.15, 0.2) is 17.3 Å². The Morgan fingerprint density at radius 1 is 0.927 bits per heavy atom. The number of aryl methyl sites for hydroxylation is 2. The zero-order valence-corrected chi connectivity index (χ0v) is 30.9. The van der Waals surface area contributed by atoms with Crippen LogP contribution in [0.15, 0.2) is 90.8 Å². The number of aromatic hydroxyl groups is 2. The number of phenolic OH excluding ortho intramolecular Hbond substituents is 2. The van der Waals surface area contributed by atoms with E-state index in [1.807, 2.05) is 48.7 Å². The van der Waals surface area contributed by atoms with Gasteiger partial charge in [-0.25, -0.2) is 0 Å². The van der Waals surface area contributed by atoms with Gasteiger partial charge >= 0.3 is 0 Å². The first-order valence-corrected chi connectivity index (χ1v) is 19.0. The number of aliphatic hydroxyl groups is 2. The number of aliphatic hydroxyl groups excluding tert-OH is 2. The molecule has 1 aliphatic heterocycles. The number of hydrogen-bond donors (Lipinski definition) is 5. The number of carbonyl (C=O) groups is 2. The number of H-pyrrole nitrogens is 1. The molecule has 4 atom stereocenters. The maximum absolute atomic E-state index is 15.0. The summed E-state index contributed by atoms with van der Waals surface area (Å²) in [7, 11) is 1.49.